The largest absolute Gasteiger partial charge is 0.445 e. The molecular formula is C12H14ClFN2O2. The van der Waals surface area contributed by atoms with Crippen LogP contribution < -0.4 is 5.32 Å². The van der Waals surface area contributed by atoms with Crippen LogP contribution in [0.15, 0.2) is 18.2 Å². The molecule has 0 atom stereocenters. The normalized spacial score (nSPS) is 15.6. The van der Waals surface area contributed by atoms with E-state index < -0.39 is 5.82 Å². The van der Waals surface area contributed by atoms with Crippen molar-refractivity contribution in [1.29, 1.82) is 0 Å². The molecule has 0 aromatic heterocycles. The molecule has 0 spiro atoms. The maximum absolute atomic E-state index is 13.2. The minimum Gasteiger partial charge on any atom is -0.445 e. The fraction of sp³-hybridized carbons (Fsp3) is 0.417. The van der Waals surface area contributed by atoms with Crippen molar-refractivity contribution in [2.24, 2.45) is 0 Å². The Morgan fingerprint density at radius 2 is 2.17 bits per heavy atom. The molecule has 0 unspecified atom stereocenters. The molecule has 2 rings (SSSR count). The number of hydrogen-bond acceptors (Lipinski definition) is 3. The Bertz CT molecular complexity index is 436. The Labute approximate surface area is 110 Å². The number of piperazine rings is 1. The molecule has 1 heterocycles. The summed E-state index contributed by atoms with van der Waals surface area (Å²) in [4.78, 5) is 13.3. The molecule has 1 aliphatic rings. The Morgan fingerprint density at radius 1 is 1.44 bits per heavy atom. The molecule has 0 bridgehead atoms. The lowest BCUT2D eigenvalue weighted by atomic mass is 10.2. The van der Waals surface area contributed by atoms with Crippen LogP contribution in [0.5, 0.6) is 0 Å². The van der Waals surface area contributed by atoms with Gasteiger partial charge in [0.15, 0.2) is 0 Å². The summed E-state index contributed by atoms with van der Waals surface area (Å²) in [6.07, 6.45) is -0.369. The van der Waals surface area contributed by atoms with E-state index in [4.69, 9.17) is 16.3 Å². The van der Waals surface area contributed by atoms with Gasteiger partial charge in [0, 0.05) is 26.2 Å². The Kier molecular flexibility index (Phi) is 4.38. The maximum Gasteiger partial charge on any atom is 0.410 e. The van der Waals surface area contributed by atoms with Crippen LogP contribution in [-0.2, 0) is 11.3 Å². The number of nitrogens with zero attached hydrogens (tertiary/aromatic N) is 1. The van der Waals surface area contributed by atoms with Gasteiger partial charge in [-0.15, -0.1) is 0 Å². The Morgan fingerprint density at radius 3 is 2.83 bits per heavy atom. The van der Waals surface area contributed by atoms with Gasteiger partial charge in [-0.1, -0.05) is 17.7 Å². The SMILES string of the molecule is O=C(OCc1ccc(Cl)c(F)c1)N1CCNCC1. The van der Waals surface area contributed by atoms with Crippen molar-refractivity contribution >= 4 is 17.7 Å². The van der Waals surface area contributed by atoms with Crippen molar-refractivity contribution in [3.8, 4) is 0 Å². The predicted octanol–water partition coefficient (Wildman–Crippen LogP) is 2.02. The van der Waals surface area contributed by atoms with E-state index in [0.29, 0.717) is 18.7 Å². The molecular weight excluding hydrogens is 259 g/mol. The van der Waals surface area contributed by atoms with Crippen LogP contribution in [0.25, 0.3) is 0 Å². The van der Waals surface area contributed by atoms with Gasteiger partial charge in [-0.05, 0) is 17.7 Å². The van der Waals surface area contributed by atoms with Gasteiger partial charge in [-0.25, -0.2) is 9.18 Å². The molecule has 0 aliphatic carbocycles. The van der Waals surface area contributed by atoms with Crippen LogP contribution in [0.2, 0.25) is 5.02 Å². The molecule has 1 aliphatic heterocycles. The summed E-state index contributed by atoms with van der Waals surface area (Å²) in [6, 6.07) is 4.36. The predicted molar refractivity (Wildman–Crippen MR) is 66.0 cm³/mol. The van der Waals surface area contributed by atoms with Gasteiger partial charge in [0.1, 0.15) is 12.4 Å². The van der Waals surface area contributed by atoms with Gasteiger partial charge in [-0.3, -0.25) is 0 Å². The van der Waals surface area contributed by atoms with Gasteiger partial charge in [0.05, 0.1) is 5.02 Å². The molecule has 1 amide bonds. The van der Waals surface area contributed by atoms with E-state index in [-0.39, 0.29) is 17.7 Å². The lowest BCUT2D eigenvalue weighted by molar-refractivity contribution is 0.0917. The van der Waals surface area contributed by atoms with E-state index in [2.05, 4.69) is 5.32 Å². The van der Waals surface area contributed by atoms with Crippen molar-refractivity contribution in [2.45, 2.75) is 6.61 Å². The number of benzene rings is 1. The molecule has 98 valence electrons. The second kappa shape index (κ2) is 6.02. The summed E-state index contributed by atoms with van der Waals surface area (Å²) < 4.78 is 18.3. The topological polar surface area (TPSA) is 41.6 Å². The van der Waals surface area contributed by atoms with Crippen molar-refractivity contribution < 1.29 is 13.9 Å². The van der Waals surface area contributed by atoms with Gasteiger partial charge in [0.2, 0.25) is 0 Å². The third-order valence-corrected chi connectivity index (χ3v) is 3.03. The van der Waals surface area contributed by atoms with Gasteiger partial charge < -0.3 is 15.0 Å². The van der Waals surface area contributed by atoms with Crippen LogP contribution in [0.1, 0.15) is 5.56 Å². The van der Waals surface area contributed by atoms with E-state index in [9.17, 15) is 9.18 Å². The van der Waals surface area contributed by atoms with Crippen LogP contribution in [-0.4, -0.2) is 37.2 Å². The highest BCUT2D eigenvalue weighted by Crippen LogP contribution is 2.16. The maximum atomic E-state index is 13.2. The molecule has 1 N–H and O–H groups in total. The highest BCUT2D eigenvalue weighted by Gasteiger charge is 2.17. The number of halogens is 2. The average Bonchev–Trinajstić information content (AvgIpc) is 2.41. The molecule has 1 aromatic carbocycles. The second-order valence-electron chi connectivity index (χ2n) is 4.04. The lowest BCUT2D eigenvalue weighted by Gasteiger charge is -2.26. The zero-order valence-electron chi connectivity index (χ0n) is 9.79. The lowest BCUT2D eigenvalue weighted by Crippen LogP contribution is -2.46. The summed E-state index contributed by atoms with van der Waals surface area (Å²) in [5, 5.41) is 3.21. The van der Waals surface area contributed by atoms with Crippen LogP contribution in [0, 0.1) is 5.82 Å². The molecule has 4 nitrogen and oxygen atoms in total. The average molecular weight is 273 g/mol. The Hall–Kier alpha value is -1.33. The van der Waals surface area contributed by atoms with Crippen molar-refractivity contribution in [1.82, 2.24) is 10.2 Å². The summed E-state index contributed by atoms with van der Waals surface area (Å²) in [5.41, 5.74) is 0.584. The zero-order valence-corrected chi connectivity index (χ0v) is 10.5. The highest BCUT2D eigenvalue weighted by molar-refractivity contribution is 6.30. The first kappa shape index (κ1) is 13.1. The number of amides is 1. The smallest absolute Gasteiger partial charge is 0.410 e. The fourth-order valence-corrected chi connectivity index (χ4v) is 1.83. The molecule has 1 aromatic rings. The number of ether oxygens (including phenoxy) is 1. The van der Waals surface area contributed by atoms with Gasteiger partial charge in [0.25, 0.3) is 0 Å². The van der Waals surface area contributed by atoms with E-state index >= 15 is 0 Å². The third kappa shape index (κ3) is 3.34. The Balaban J connectivity index is 1.86. The summed E-state index contributed by atoms with van der Waals surface area (Å²) in [7, 11) is 0. The van der Waals surface area contributed by atoms with E-state index in [0.717, 1.165) is 13.1 Å². The quantitative estimate of drug-likeness (QED) is 0.896. The summed E-state index contributed by atoms with van der Waals surface area (Å²) in [5.74, 6) is -0.507. The number of hydrogen-bond donors (Lipinski definition) is 1. The fourth-order valence-electron chi connectivity index (χ4n) is 1.71. The summed E-state index contributed by atoms with van der Waals surface area (Å²) in [6.45, 7) is 2.85. The monoisotopic (exact) mass is 272 g/mol. The minimum absolute atomic E-state index is 0.0524. The van der Waals surface area contributed by atoms with Crippen molar-refractivity contribution in [2.75, 3.05) is 26.2 Å². The van der Waals surface area contributed by atoms with Crippen LogP contribution in [0.4, 0.5) is 9.18 Å². The second-order valence-corrected chi connectivity index (χ2v) is 4.45. The van der Waals surface area contributed by atoms with Crippen molar-refractivity contribution in [3.05, 3.63) is 34.6 Å². The van der Waals surface area contributed by atoms with Gasteiger partial charge in [-0.2, -0.15) is 0 Å². The first-order valence-corrected chi connectivity index (χ1v) is 6.11. The van der Waals surface area contributed by atoms with E-state index in [1.54, 1.807) is 11.0 Å². The standard InChI is InChI=1S/C12H14ClFN2O2/c13-10-2-1-9(7-11(10)14)8-18-12(17)16-5-3-15-4-6-16/h1-2,7,15H,3-6,8H2. The molecule has 6 heteroatoms. The first-order valence-electron chi connectivity index (χ1n) is 5.73. The number of nitrogens with one attached hydrogen (secondary N) is 1. The first-order chi connectivity index (χ1) is 8.66. The van der Waals surface area contributed by atoms with Gasteiger partial charge >= 0.3 is 6.09 Å². The number of rotatable bonds is 2. The summed E-state index contributed by atoms with van der Waals surface area (Å²) >= 11 is 5.57. The minimum atomic E-state index is -0.507. The third-order valence-electron chi connectivity index (χ3n) is 2.72. The number of carbonyl (C=O) groups excluding carboxylic acids is 1. The van der Waals surface area contributed by atoms with E-state index in [1.165, 1.54) is 12.1 Å². The highest BCUT2D eigenvalue weighted by atomic mass is 35.5. The molecule has 0 saturated carbocycles. The van der Waals surface area contributed by atoms with Crippen LogP contribution >= 0.6 is 11.6 Å². The van der Waals surface area contributed by atoms with Crippen LogP contribution in [0.3, 0.4) is 0 Å². The van der Waals surface area contributed by atoms with E-state index in [1.807, 2.05) is 0 Å². The molecule has 0 radical (unpaired) electrons. The van der Waals surface area contributed by atoms with Crippen molar-refractivity contribution in [3.63, 3.8) is 0 Å². The number of carbonyl (C=O) groups is 1. The molecule has 1 saturated heterocycles. The molecule has 1 fully saturated rings. The molecule has 18 heavy (non-hydrogen) atoms. The zero-order chi connectivity index (χ0) is 13.0.